The van der Waals surface area contributed by atoms with Crippen molar-refractivity contribution in [2.45, 2.75) is 12.5 Å². The van der Waals surface area contributed by atoms with Gasteiger partial charge in [-0.3, -0.25) is 0 Å². The van der Waals surface area contributed by atoms with E-state index in [-0.39, 0.29) is 12.6 Å². The SMILES string of the molecule is CN(CC(N)CO)c1ccc2c(c1)OCCCO2. The van der Waals surface area contributed by atoms with Crippen molar-refractivity contribution in [1.29, 1.82) is 0 Å². The molecule has 1 aromatic carbocycles. The number of benzene rings is 1. The highest BCUT2D eigenvalue weighted by molar-refractivity contribution is 5.56. The van der Waals surface area contributed by atoms with Crippen LogP contribution in [0, 0.1) is 0 Å². The average Bonchev–Trinajstić information content (AvgIpc) is 2.62. The van der Waals surface area contributed by atoms with E-state index in [2.05, 4.69) is 0 Å². The Bertz CT molecular complexity index is 398. The van der Waals surface area contributed by atoms with Crippen LogP contribution < -0.4 is 20.1 Å². The summed E-state index contributed by atoms with van der Waals surface area (Å²) >= 11 is 0. The average molecular weight is 252 g/mol. The second-order valence-electron chi connectivity index (χ2n) is 4.50. The highest BCUT2D eigenvalue weighted by atomic mass is 16.5. The van der Waals surface area contributed by atoms with Crippen LogP contribution in [0.3, 0.4) is 0 Å². The van der Waals surface area contributed by atoms with Crippen LogP contribution in [-0.4, -0.2) is 44.6 Å². The van der Waals surface area contributed by atoms with Crippen molar-refractivity contribution in [3.8, 4) is 11.5 Å². The minimum Gasteiger partial charge on any atom is -0.490 e. The van der Waals surface area contributed by atoms with Gasteiger partial charge in [0.25, 0.3) is 0 Å². The van der Waals surface area contributed by atoms with Gasteiger partial charge in [0, 0.05) is 37.8 Å². The summed E-state index contributed by atoms with van der Waals surface area (Å²) in [4.78, 5) is 2.00. The zero-order chi connectivity index (χ0) is 13.0. The molecule has 1 aliphatic rings. The maximum atomic E-state index is 8.96. The molecule has 1 heterocycles. The van der Waals surface area contributed by atoms with Gasteiger partial charge in [-0.1, -0.05) is 0 Å². The highest BCUT2D eigenvalue weighted by Crippen LogP contribution is 2.33. The van der Waals surface area contributed by atoms with E-state index in [0.29, 0.717) is 19.8 Å². The predicted molar refractivity (Wildman–Crippen MR) is 70.4 cm³/mol. The second kappa shape index (κ2) is 5.93. The van der Waals surface area contributed by atoms with Crippen molar-refractivity contribution < 1.29 is 14.6 Å². The van der Waals surface area contributed by atoms with E-state index >= 15 is 0 Å². The number of hydrogen-bond donors (Lipinski definition) is 2. The van der Waals surface area contributed by atoms with Gasteiger partial charge in [0.1, 0.15) is 0 Å². The van der Waals surface area contributed by atoms with Crippen molar-refractivity contribution in [3.63, 3.8) is 0 Å². The molecule has 0 saturated carbocycles. The molecule has 2 rings (SSSR count). The molecule has 0 aliphatic carbocycles. The Hall–Kier alpha value is -1.46. The van der Waals surface area contributed by atoms with E-state index in [4.69, 9.17) is 20.3 Å². The topological polar surface area (TPSA) is 68.0 Å². The number of aliphatic hydroxyl groups excluding tert-OH is 1. The van der Waals surface area contributed by atoms with Gasteiger partial charge < -0.3 is 25.2 Å². The molecule has 0 spiro atoms. The summed E-state index contributed by atoms with van der Waals surface area (Å²) in [5.41, 5.74) is 6.73. The molecule has 5 nitrogen and oxygen atoms in total. The van der Waals surface area contributed by atoms with Gasteiger partial charge in [0.05, 0.1) is 19.8 Å². The number of nitrogens with zero attached hydrogens (tertiary/aromatic N) is 1. The molecule has 3 N–H and O–H groups in total. The Morgan fingerprint density at radius 2 is 2.06 bits per heavy atom. The van der Waals surface area contributed by atoms with Gasteiger partial charge >= 0.3 is 0 Å². The smallest absolute Gasteiger partial charge is 0.163 e. The molecule has 18 heavy (non-hydrogen) atoms. The number of nitrogens with two attached hydrogens (primary N) is 1. The lowest BCUT2D eigenvalue weighted by Crippen LogP contribution is -2.37. The van der Waals surface area contributed by atoms with Crippen LogP contribution in [0.15, 0.2) is 18.2 Å². The molecule has 0 amide bonds. The Morgan fingerprint density at radius 1 is 1.33 bits per heavy atom. The molecule has 1 aromatic rings. The Kier molecular flexibility index (Phi) is 4.28. The second-order valence-corrected chi connectivity index (χ2v) is 4.50. The number of fused-ring (bicyclic) bond motifs is 1. The largest absolute Gasteiger partial charge is 0.490 e. The number of aliphatic hydroxyl groups is 1. The molecule has 0 saturated heterocycles. The molecule has 5 heteroatoms. The third kappa shape index (κ3) is 3.05. The van der Waals surface area contributed by atoms with E-state index in [1.807, 2.05) is 30.1 Å². The van der Waals surface area contributed by atoms with Crippen LogP contribution in [-0.2, 0) is 0 Å². The first-order chi connectivity index (χ1) is 8.70. The number of hydrogen-bond acceptors (Lipinski definition) is 5. The minimum atomic E-state index is -0.244. The van der Waals surface area contributed by atoms with Crippen molar-refractivity contribution in [2.24, 2.45) is 5.73 Å². The zero-order valence-electron chi connectivity index (χ0n) is 10.6. The van der Waals surface area contributed by atoms with Crippen LogP contribution in [0.25, 0.3) is 0 Å². The fourth-order valence-corrected chi connectivity index (χ4v) is 1.90. The number of anilines is 1. The summed E-state index contributed by atoms with van der Waals surface area (Å²) < 4.78 is 11.2. The van der Waals surface area contributed by atoms with Gasteiger partial charge in [0.2, 0.25) is 0 Å². The molecule has 0 aromatic heterocycles. The van der Waals surface area contributed by atoms with E-state index < -0.39 is 0 Å². The fourth-order valence-electron chi connectivity index (χ4n) is 1.90. The molecule has 1 atom stereocenters. The van der Waals surface area contributed by atoms with Crippen molar-refractivity contribution in [3.05, 3.63) is 18.2 Å². The van der Waals surface area contributed by atoms with E-state index in [0.717, 1.165) is 23.6 Å². The van der Waals surface area contributed by atoms with Crippen molar-refractivity contribution in [2.75, 3.05) is 38.3 Å². The van der Waals surface area contributed by atoms with Gasteiger partial charge in [-0.25, -0.2) is 0 Å². The summed E-state index contributed by atoms with van der Waals surface area (Å²) in [6, 6.07) is 5.59. The van der Waals surface area contributed by atoms with Crippen LogP contribution in [0.5, 0.6) is 11.5 Å². The third-order valence-electron chi connectivity index (χ3n) is 2.91. The van der Waals surface area contributed by atoms with Gasteiger partial charge in [-0.05, 0) is 12.1 Å². The maximum Gasteiger partial charge on any atom is 0.163 e. The number of ether oxygens (including phenoxy) is 2. The molecular weight excluding hydrogens is 232 g/mol. The van der Waals surface area contributed by atoms with Gasteiger partial charge in [-0.2, -0.15) is 0 Å². The Labute approximate surface area is 107 Å². The molecular formula is C13H20N2O3. The van der Waals surface area contributed by atoms with Gasteiger partial charge in [-0.15, -0.1) is 0 Å². The summed E-state index contributed by atoms with van der Waals surface area (Å²) in [5.74, 6) is 1.56. The Morgan fingerprint density at radius 3 is 2.78 bits per heavy atom. The summed E-state index contributed by atoms with van der Waals surface area (Å²) in [7, 11) is 1.94. The molecule has 100 valence electrons. The fraction of sp³-hybridized carbons (Fsp3) is 0.538. The van der Waals surface area contributed by atoms with Crippen LogP contribution in [0.4, 0.5) is 5.69 Å². The normalized spacial score (nSPS) is 15.9. The van der Waals surface area contributed by atoms with Crippen molar-refractivity contribution >= 4 is 5.69 Å². The molecule has 1 aliphatic heterocycles. The lowest BCUT2D eigenvalue weighted by atomic mass is 10.2. The van der Waals surface area contributed by atoms with Crippen LogP contribution in [0.2, 0.25) is 0 Å². The maximum absolute atomic E-state index is 8.96. The summed E-state index contributed by atoms with van der Waals surface area (Å²) in [6.45, 7) is 1.94. The van der Waals surface area contributed by atoms with Crippen molar-refractivity contribution in [1.82, 2.24) is 0 Å². The third-order valence-corrected chi connectivity index (χ3v) is 2.91. The first kappa shape index (κ1) is 13.0. The summed E-state index contributed by atoms with van der Waals surface area (Å²) in [6.07, 6.45) is 0.898. The zero-order valence-corrected chi connectivity index (χ0v) is 10.6. The predicted octanol–water partition coefficient (Wildman–Crippen LogP) is 0.604. The molecule has 1 unspecified atom stereocenters. The first-order valence-corrected chi connectivity index (χ1v) is 6.18. The number of likely N-dealkylation sites (N-methyl/N-ethyl adjacent to an activating group) is 1. The highest BCUT2D eigenvalue weighted by Gasteiger charge is 2.13. The molecule has 0 fully saturated rings. The molecule has 0 radical (unpaired) electrons. The lowest BCUT2D eigenvalue weighted by molar-refractivity contribution is 0.267. The Balaban J connectivity index is 2.12. The number of rotatable bonds is 4. The van der Waals surface area contributed by atoms with E-state index in [1.165, 1.54) is 0 Å². The van der Waals surface area contributed by atoms with Crippen LogP contribution >= 0.6 is 0 Å². The van der Waals surface area contributed by atoms with Crippen LogP contribution in [0.1, 0.15) is 6.42 Å². The van der Waals surface area contributed by atoms with E-state index in [1.54, 1.807) is 0 Å². The van der Waals surface area contributed by atoms with Gasteiger partial charge in [0.15, 0.2) is 11.5 Å². The monoisotopic (exact) mass is 252 g/mol. The molecule has 0 bridgehead atoms. The lowest BCUT2D eigenvalue weighted by Gasteiger charge is -2.23. The summed E-state index contributed by atoms with van der Waals surface area (Å²) in [5, 5.41) is 8.96. The first-order valence-electron chi connectivity index (χ1n) is 6.18. The minimum absolute atomic E-state index is 0.0190. The quantitative estimate of drug-likeness (QED) is 0.821. The standard InChI is InChI=1S/C13H20N2O3/c1-15(8-10(14)9-16)11-3-4-12-13(7-11)18-6-2-5-17-12/h3-4,7,10,16H,2,5-6,8-9,14H2,1H3. The van der Waals surface area contributed by atoms with E-state index in [9.17, 15) is 0 Å².